The molecule has 3 rings (SSSR count). The smallest absolute Gasteiger partial charge is 0.270 e. The second-order valence-corrected chi connectivity index (χ2v) is 9.73. The van der Waals surface area contributed by atoms with Crippen molar-refractivity contribution in [1.29, 1.82) is 0 Å². The van der Waals surface area contributed by atoms with Crippen LogP contribution < -0.4 is 9.04 Å². The van der Waals surface area contributed by atoms with Gasteiger partial charge in [0, 0.05) is 6.42 Å². The topological polar surface area (TPSA) is 63.7 Å². The van der Waals surface area contributed by atoms with Crippen LogP contribution in [0.1, 0.15) is 43.4 Å². The molecule has 0 fully saturated rings. The van der Waals surface area contributed by atoms with E-state index in [-0.39, 0.29) is 11.3 Å². The number of carbonyl (C=O) groups excluding carboxylic acids is 1. The van der Waals surface area contributed by atoms with Gasteiger partial charge in [0.25, 0.3) is 10.0 Å². The molecular formula is C27H31NO4S. The second-order valence-electron chi connectivity index (χ2n) is 7.95. The van der Waals surface area contributed by atoms with Crippen molar-refractivity contribution in [2.75, 3.05) is 10.9 Å². The Morgan fingerprint density at radius 2 is 1.36 bits per heavy atom. The largest absolute Gasteiger partial charge is 0.494 e. The van der Waals surface area contributed by atoms with Crippen LogP contribution >= 0.6 is 0 Å². The molecule has 0 saturated carbocycles. The van der Waals surface area contributed by atoms with Gasteiger partial charge in [0.15, 0.2) is 0 Å². The summed E-state index contributed by atoms with van der Waals surface area (Å²) in [7, 11) is -4.04. The Balaban J connectivity index is 1.76. The molecule has 5 nitrogen and oxygen atoms in total. The van der Waals surface area contributed by atoms with Gasteiger partial charge in [-0.2, -0.15) is 0 Å². The molecule has 0 bridgehead atoms. The van der Waals surface area contributed by atoms with Crippen LogP contribution in [0.15, 0.2) is 77.7 Å². The third-order valence-electron chi connectivity index (χ3n) is 5.50. The molecule has 3 aromatic rings. The molecule has 0 atom stereocenters. The third-order valence-corrected chi connectivity index (χ3v) is 7.26. The van der Waals surface area contributed by atoms with Crippen LogP contribution in [0.5, 0.6) is 5.75 Å². The summed E-state index contributed by atoms with van der Waals surface area (Å²) in [6, 6.07) is 21.4. The first kappa shape index (κ1) is 24.5. The fourth-order valence-corrected chi connectivity index (χ4v) is 4.89. The van der Waals surface area contributed by atoms with Gasteiger partial charge in [-0.05, 0) is 73.7 Å². The lowest BCUT2D eigenvalue weighted by atomic mass is 10.1. The van der Waals surface area contributed by atoms with Crippen molar-refractivity contribution in [3.63, 3.8) is 0 Å². The van der Waals surface area contributed by atoms with Gasteiger partial charge in [0.2, 0.25) is 5.91 Å². The van der Waals surface area contributed by atoms with Crippen molar-refractivity contribution in [2.45, 2.75) is 51.3 Å². The Kier molecular flexibility index (Phi) is 8.28. The Hall–Kier alpha value is -3.12. The van der Waals surface area contributed by atoms with E-state index in [1.165, 1.54) is 17.7 Å². The van der Waals surface area contributed by atoms with Crippen LogP contribution in [0.3, 0.4) is 0 Å². The summed E-state index contributed by atoms with van der Waals surface area (Å²) in [5.41, 5.74) is 3.59. The molecule has 0 unspecified atom stereocenters. The van der Waals surface area contributed by atoms with Gasteiger partial charge in [0.1, 0.15) is 5.75 Å². The molecule has 33 heavy (non-hydrogen) atoms. The molecule has 0 aliphatic rings. The zero-order valence-corrected chi connectivity index (χ0v) is 20.3. The molecule has 0 spiro atoms. The molecular weight excluding hydrogens is 434 g/mol. The molecule has 0 aromatic heterocycles. The Morgan fingerprint density at radius 3 is 1.91 bits per heavy atom. The summed E-state index contributed by atoms with van der Waals surface area (Å²) >= 11 is 0. The fourth-order valence-electron chi connectivity index (χ4n) is 3.44. The normalized spacial score (nSPS) is 11.2. The summed E-state index contributed by atoms with van der Waals surface area (Å²) in [5, 5.41) is 0. The summed E-state index contributed by atoms with van der Waals surface area (Å²) in [6.07, 6.45) is 2.24. The molecule has 0 aliphatic heterocycles. The van der Waals surface area contributed by atoms with Gasteiger partial charge in [-0.15, -0.1) is 0 Å². The highest BCUT2D eigenvalue weighted by Crippen LogP contribution is 2.26. The van der Waals surface area contributed by atoms with Gasteiger partial charge in [-0.25, -0.2) is 12.7 Å². The highest BCUT2D eigenvalue weighted by atomic mass is 32.2. The molecule has 174 valence electrons. The fraction of sp³-hybridized carbons (Fsp3) is 0.296. The highest BCUT2D eigenvalue weighted by molar-refractivity contribution is 7.93. The van der Waals surface area contributed by atoms with Crippen molar-refractivity contribution in [3.05, 3.63) is 89.5 Å². The van der Waals surface area contributed by atoms with Crippen LogP contribution in [0.25, 0.3) is 0 Å². The summed E-state index contributed by atoms with van der Waals surface area (Å²) in [4.78, 5) is 13.3. The lowest BCUT2D eigenvalue weighted by Crippen LogP contribution is -2.37. The van der Waals surface area contributed by atoms with Crippen LogP contribution in [0, 0.1) is 6.92 Å². The molecule has 3 aromatic carbocycles. The third kappa shape index (κ3) is 6.23. The number of sulfonamides is 1. The zero-order valence-electron chi connectivity index (χ0n) is 19.5. The van der Waals surface area contributed by atoms with E-state index in [2.05, 4.69) is 6.92 Å². The average molecular weight is 466 g/mol. The van der Waals surface area contributed by atoms with Crippen LogP contribution in [-0.2, 0) is 27.7 Å². The van der Waals surface area contributed by atoms with E-state index >= 15 is 0 Å². The second kappa shape index (κ2) is 11.1. The number of hydrogen-bond donors (Lipinski definition) is 0. The number of anilines is 1. The van der Waals surface area contributed by atoms with Gasteiger partial charge in [-0.3, -0.25) is 4.79 Å². The molecule has 0 N–H and O–H groups in total. The summed E-state index contributed by atoms with van der Waals surface area (Å²) in [6.45, 7) is 6.33. The maximum absolute atomic E-state index is 13.4. The first-order valence-corrected chi connectivity index (χ1v) is 12.7. The quantitative estimate of drug-likeness (QED) is 0.360. The van der Waals surface area contributed by atoms with Crippen molar-refractivity contribution in [3.8, 4) is 5.75 Å². The minimum Gasteiger partial charge on any atom is -0.494 e. The maximum atomic E-state index is 13.4. The predicted octanol–water partition coefficient (Wildman–Crippen LogP) is 5.70. The SMILES string of the molecule is CCc1ccc(OCCCC(=O)N(c2ccc(CC)cc2)S(=O)(=O)c2ccc(C)cc2)cc1. The van der Waals surface area contributed by atoms with Crippen LogP contribution in [0.2, 0.25) is 0 Å². The van der Waals surface area contributed by atoms with Gasteiger partial charge in [-0.1, -0.05) is 55.8 Å². The number of amides is 1. The van der Waals surface area contributed by atoms with Crippen LogP contribution in [-0.4, -0.2) is 20.9 Å². The summed E-state index contributed by atoms with van der Waals surface area (Å²) < 4.78 is 33.5. The van der Waals surface area contributed by atoms with E-state index in [0.717, 1.165) is 34.0 Å². The Labute approximate surface area is 197 Å². The highest BCUT2D eigenvalue weighted by Gasteiger charge is 2.30. The minimum atomic E-state index is -4.04. The van der Waals surface area contributed by atoms with E-state index in [9.17, 15) is 13.2 Å². The number of nitrogens with zero attached hydrogens (tertiary/aromatic N) is 1. The van der Waals surface area contributed by atoms with E-state index < -0.39 is 15.9 Å². The van der Waals surface area contributed by atoms with Crippen molar-refractivity contribution < 1.29 is 17.9 Å². The number of benzene rings is 3. The van der Waals surface area contributed by atoms with Crippen molar-refractivity contribution >= 4 is 21.6 Å². The van der Waals surface area contributed by atoms with Gasteiger partial charge in [0.05, 0.1) is 17.2 Å². The molecule has 0 heterocycles. The lowest BCUT2D eigenvalue weighted by molar-refractivity contribution is -0.117. The van der Waals surface area contributed by atoms with Gasteiger partial charge >= 0.3 is 0 Å². The lowest BCUT2D eigenvalue weighted by Gasteiger charge is -2.23. The molecule has 1 amide bonds. The number of hydrogen-bond acceptors (Lipinski definition) is 4. The minimum absolute atomic E-state index is 0.0493. The predicted molar refractivity (Wildman–Crippen MR) is 132 cm³/mol. The monoisotopic (exact) mass is 465 g/mol. The van der Waals surface area contributed by atoms with Crippen molar-refractivity contribution in [1.82, 2.24) is 0 Å². The van der Waals surface area contributed by atoms with E-state index in [0.29, 0.717) is 18.7 Å². The summed E-state index contributed by atoms with van der Waals surface area (Å²) in [5.74, 6) is 0.253. The maximum Gasteiger partial charge on any atom is 0.270 e. The van der Waals surface area contributed by atoms with Crippen molar-refractivity contribution in [2.24, 2.45) is 0 Å². The number of rotatable bonds is 10. The van der Waals surface area contributed by atoms with E-state index in [1.807, 2.05) is 50.2 Å². The van der Waals surface area contributed by atoms with Gasteiger partial charge < -0.3 is 4.74 Å². The average Bonchev–Trinajstić information content (AvgIpc) is 2.83. The zero-order chi connectivity index (χ0) is 23.8. The van der Waals surface area contributed by atoms with Crippen LogP contribution in [0.4, 0.5) is 5.69 Å². The number of aryl methyl sites for hydroxylation is 3. The Bertz CT molecular complexity index is 1150. The standard InChI is InChI=1S/C27H31NO4S/c1-4-22-10-14-24(15-11-22)28(33(30,31)26-18-8-21(3)9-19-26)27(29)7-6-20-32-25-16-12-23(5-2)13-17-25/h8-19H,4-7,20H2,1-3H3. The van der Waals surface area contributed by atoms with E-state index in [1.54, 1.807) is 24.3 Å². The first-order valence-electron chi connectivity index (χ1n) is 11.3. The number of ether oxygens (including phenoxy) is 1. The van der Waals surface area contributed by atoms with E-state index in [4.69, 9.17) is 4.74 Å². The Morgan fingerprint density at radius 1 is 0.818 bits per heavy atom. The molecule has 6 heteroatoms. The molecule has 0 saturated heterocycles. The number of carbonyl (C=O) groups is 1. The molecule has 0 aliphatic carbocycles. The molecule has 0 radical (unpaired) electrons. The first-order chi connectivity index (χ1) is 15.8.